The zero-order valence-corrected chi connectivity index (χ0v) is 21.2. The van der Waals surface area contributed by atoms with Gasteiger partial charge in [0.2, 0.25) is 16.9 Å². The molecular weight excluding hydrogens is 472 g/mol. The van der Waals surface area contributed by atoms with E-state index in [0.717, 1.165) is 60.4 Å². The second-order valence-electron chi connectivity index (χ2n) is 8.80. The molecule has 0 spiro atoms. The molecule has 8 nitrogen and oxygen atoms in total. The number of aromatic nitrogens is 4. The first-order valence-electron chi connectivity index (χ1n) is 12.2. The molecule has 9 heteroatoms. The van der Waals surface area contributed by atoms with E-state index in [1.54, 1.807) is 6.07 Å². The lowest BCUT2D eigenvalue weighted by Gasteiger charge is -2.12. The predicted octanol–water partition coefficient (Wildman–Crippen LogP) is 5.07. The van der Waals surface area contributed by atoms with Gasteiger partial charge in [-0.2, -0.15) is 5.10 Å². The molecule has 0 fully saturated rings. The highest BCUT2D eigenvalue weighted by molar-refractivity contribution is 7.15. The minimum absolute atomic E-state index is 0.0781. The molecule has 2 aromatic heterocycles. The van der Waals surface area contributed by atoms with Gasteiger partial charge in [-0.3, -0.25) is 9.59 Å². The average Bonchev–Trinajstić information content (AvgIpc) is 3.31. The monoisotopic (exact) mass is 502 g/mol. The fourth-order valence-electron chi connectivity index (χ4n) is 3.89. The third kappa shape index (κ3) is 7.91. The zero-order chi connectivity index (χ0) is 25.2. The van der Waals surface area contributed by atoms with Gasteiger partial charge in [0.15, 0.2) is 5.82 Å². The number of nitrogens with one attached hydrogen (secondary N) is 2. The van der Waals surface area contributed by atoms with E-state index in [-0.39, 0.29) is 11.8 Å². The van der Waals surface area contributed by atoms with Gasteiger partial charge in [-0.15, -0.1) is 15.3 Å². The normalized spacial score (nSPS) is 13.0. The summed E-state index contributed by atoms with van der Waals surface area (Å²) in [4.78, 5) is 24.5. The SMILES string of the molecule is CC1=C(CC(=O)Nc2ccc(CCCCc3nnc(NC(=O)Cc4ccccc4)s3)nn2)C=CCC1. The molecule has 0 saturated carbocycles. The van der Waals surface area contributed by atoms with Crippen molar-refractivity contribution in [2.45, 2.75) is 58.3 Å². The molecule has 1 aliphatic rings. The molecule has 0 aliphatic heterocycles. The molecule has 3 aromatic rings. The number of allylic oxidation sites excluding steroid dienone is 3. The Morgan fingerprint density at radius 3 is 2.47 bits per heavy atom. The van der Waals surface area contributed by atoms with E-state index < -0.39 is 0 Å². The van der Waals surface area contributed by atoms with E-state index in [9.17, 15) is 9.59 Å². The predicted molar refractivity (Wildman–Crippen MR) is 142 cm³/mol. The van der Waals surface area contributed by atoms with Crippen molar-refractivity contribution in [3.05, 3.63) is 82.0 Å². The molecule has 0 saturated heterocycles. The van der Waals surface area contributed by atoms with Gasteiger partial charge < -0.3 is 10.6 Å². The van der Waals surface area contributed by atoms with Crippen molar-refractivity contribution in [1.29, 1.82) is 0 Å². The molecule has 186 valence electrons. The maximum atomic E-state index is 12.3. The number of carbonyl (C=O) groups excluding carboxylic acids is 2. The molecule has 1 aromatic carbocycles. The molecule has 1 aliphatic carbocycles. The number of hydrogen-bond acceptors (Lipinski definition) is 7. The number of hydrogen-bond donors (Lipinski definition) is 2. The average molecular weight is 503 g/mol. The Hall–Kier alpha value is -3.72. The van der Waals surface area contributed by atoms with Crippen LogP contribution in [-0.2, 0) is 28.9 Å². The maximum Gasteiger partial charge on any atom is 0.230 e. The smallest absolute Gasteiger partial charge is 0.230 e. The molecule has 0 atom stereocenters. The third-order valence-electron chi connectivity index (χ3n) is 5.89. The number of anilines is 2. The van der Waals surface area contributed by atoms with Gasteiger partial charge in [0.1, 0.15) is 5.01 Å². The van der Waals surface area contributed by atoms with Crippen LogP contribution in [0, 0.1) is 0 Å². The first-order chi connectivity index (χ1) is 17.5. The number of nitrogens with zero attached hydrogens (tertiary/aromatic N) is 4. The molecule has 0 unspecified atom stereocenters. The number of benzene rings is 1. The summed E-state index contributed by atoms with van der Waals surface area (Å²) in [5, 5.41) is 23.7. The molecule has 4 rings (SSSR count). The lowest BCUT2D eigenvalue weighted by atomic mass is 9.96. The molecule has 0 bridgehead atoms. The Labute approximate surface area is 215 Å². The van der Waals surface area contributed by atoms with Crippen LogP contribution in [0.3, 0.4) is 0 Å². The molecule has 2 heterocycles. The highest BCUT2D eigenvalue weighted by Crippen LogP contribution is 2.21. The summed E-state index contributed by atoms with van der Waals surface area (Å²) in [6, 6.07) is 13.3. The molecule has 0 radical (unpaired) electrons. The standard InChI is InChI=1S/C27H30N6O2S/c1-19-9-5-6-12-21(19)18-25(35)28-23-16-15-22(30-31-23)13-7-8-14-26-32-33-27(36-26)29-24(34)17-20-10-3-2-4-11-20/h2-4,6,10-12,15-16H,5,7-9,13-14,17-18H2,1H3,(H,28,31,35)(H,29,33,34). The zero-order valence-electron chi connectivity index (χ0n) is 20.4. The summed E-state index contributed by atoms with van der Waals surface area (Å²) in [6.45, 7) is 2.08. The first-order valence-corrected chi connectivity index (χ1v) is 13.0. The minimum atomic E-state index is -0.0971. The van der Waals surface area contributed by atoms with Crippen LogP contribution in [0.4, 0.5) is 10.9 Å². The van der Waals surface area contributed by atoms with Crippen LogP contribution in [0.25, 0.3) is 0 Å². The van der Waals surface area contributed by atoms with E-state index in [4.69, 9.17) is 0 Å². The van der Waals surface area contributed by atoms with Crippen molar-refractivity contribution >= 4 is 34.1 Å². The fraction of sp³-hybridized carbons (Fsp3) is 0.333. The van der Waals surface area contributed by atoms with Gasteiger partial charge in [-0.05, 0) is 62.3 Å². The molecule has 2 N–H and O–H groups in total. The number of unbranched alkanes of at least 4 members (excludes halogenated alkanes) is 1. The minimum Gasteiger partial charge on any atom is -0.309 e. The number of carbonyl (C=O) groups is 2. The van der Waals surface area contributed by atoms with Crippen molar-refractivity contribution in [3.8, 4) is 0 Å². The van der Waals surface area contributed by atoms with E-state index in [2.05, 4.69) is 44.0 Å². The van der Waals surface area contributed by atoms with Crippen LogP contribution in [0.2, 0.25) is 0 Å². The van der Waals surface area contributed by atoms with Gasteiger partial charge in [0.05, 0.1) is 18.5 Å². The number of amides is 2. The van der Waals surface area contributed by atoms with Crippen molar-refractivity contribution in [3.63, 3.8) is 0 Å². The number of rotatable bonds is 11. The summed E-state index contributed by atoms with van der Waals surface area (Å²) < 4.78 is 0. The van der Waals surface area contributed by atoms with Gasteiger partial charge >= 0.3 is 0 Å². The van der Waals surface area contributed by atoms with E-state index in [1.165, 1.54) is 16.9 Å². The highest BCUT2D eigenvalue weighted by atomic mass is 32.1. The van der Waals surface area contributed by atoms with E-state index >= 15 is 0 Å². The van der Waals surface area contributed by atoms with Gasteiger partial charge in [-0.25, -0.2) is 0 Å². The topological polar surface area (TPSA) is 110 Å². The van der Waals surface area contributed by atoms with E-state index in [1.807, 2.05) is 42.5 Å². The Bertz CT molecular complexity index is 1230. The Balaban J connectivity index is 1.15. The van der Waals surface area contributed by atoms with Gasteiger partial charge in [0.25, 0.3) is 0 Å². The summed E-state index contributed by atoms with van der Waals surface area (Å²) in [6.07, 6.45) is 10.3. The summed E-state index contributed by atoms with van der Waals surface area (Å²) in [5.41, 5.74) is 4.20. The second-order valence-corrected chi connectivity index (χ2v) is 9.86. The van der Waals surface area contributed by atoms with Crippen LogP contribution in [-0.4, -0.2) is 32.2 Å². The first kappa shape index (κ1) is 25.4. The molecule has 2 amide bonds. The summed E-state index contributed by atoms with van der Waals surface area (Å²) in [5.74, 6) is 0.295. The number of aryl methyl sites for hydroxylation is 2. The molecule has 36 heavy (non-hydrogen) atoms. The van der Waals surface area contributed by atoms with Crippen LogP contribution >= 0.6 is 11.3 Å². The van der Waals surface area contributed by atoms with E-state index in [0.29, 0.717) is 23.8 Å². The van der Waals surface area contributed by atoms with Crippen LogP contribution < -0.4 is 10.6 Å². The Kier molecular flexibility index (Phi) is 9.04. The van der Waals surface area contributed by atoms with Crippen LogP contribution in [0.15, 0.2) is 65.8 Å². The fourth-order valence-corrected chi connectivity index (χ4v) is 4.69. The molecular formula is C27H30N6O2S. The quantitative estimate of drug-likeness (QED) is 0.354. The van der Waals surface area contributed by atoms with Gasteiger partial charge in [-0.1, -0.05) is 59.4 Å². The van der Waals surface area contributed by atoms with Crippen molar-refractivity contribution < 1.29 is 9.59 Å². The largest absolute Gasteiger partial charge is 0.309 e. The Morgan fingerprint density at radius 2 is 1.69 bits per heavy atom. The Morgan fingerprint density at radius 1 is 0.889 bits per heavy atom. The highest BCUT2D eigenvalue weighted by Gasteiger charge is 2.11. The summed E-state index contributed by atoms with van der Waals surface area (Å²) >= 11 is 1.41. The lowest BCUT2D eigenvalue weighted by Crippen LogP contribution is -2.14. The van der Waals surface area contributed by atoms with Gasteiger partial charge in [0, 0.05) is 6.42 Å². The van der Waals surface area contributed by atoms with Crippen LogP contribution in [0.5, 0.6) is 0 Å². The van der Waals surface area contributed by atoms with Crippen molar-refractivity contribution in [1.82, 2.24) is 20.4 Å². The van der Waals surface area contributed by atoms with Crippen LogP contribution in [0.1, 0.15) is 55.3 Å². The summed E-state index contributed by atoms with van der Waals surface area (Å²) in [7, 11) is 0. The second kappa shape index (κ2) is 12.8. The lowest BCUT2D eigenvalue weighted by molar-refractivity contribution is -0.116. The van der Waals surface area contributed by atoms with Crippen molar-refractivity contribution in [2.75, 3.05) is 10.6 Å². The maximum absolute atomic E-state index is 12.3. The third-order valence-corrected chi connectivity index (χ3v) is 6.78. The van der Waals surface area contributed by atoms with Crippen molar-refractivity contribution in [2.24, 2.45) is 0 Å².